The van der Waals surface area contributed by atoms with E-state index in [0.29, 0.717) is 28.1 Å². The predicted octanol–water partition coefficient (Wildman–Crippen LogP) is 6.18. The van der Waals surface area contributed by atoms with Gasteiger partial charge in [0.15, 0.2) is 0 Å². The number of aryl methyl sites for hydroxylation is 3. The number of thioether (sulfide) groups is 1. The van der Waals surface area contributed by atoms with Crippen LogP contribution in [0.5, 0.6) is 0 Å². The lowest BCUT2D eigenvalue weighted by Gasteiger charge is -2.06. The number of rotatable bonds is 6. The van der Waals surface area contributed by atoms with Crippen LogP contribution in [0.1, 0.15) is 23.2 Å². The van der Waals surface area contributed by atoms with E-state index in [4.69, 9.17) is 16.6 Å². The van der Waals surface area contributed by atoms with Gasteiger partial charge in [0.05, 0.1) is 20.9 Å². The van der Waals surface area contributed by atoms with E-state index in [2.05, 4.69) is 41.6 Å². The number of benzene rings is 2. The van der Waals surface area contributed by atoms with Gasteiger partial charge in [-0.2, -0.15) is 9.78 Å². The Bertz CT molecular complexity index is 1180. The Balaban J connectivity index is 1.48. The second-order valence-corrected chi connectivity index (χ2v) is 9.63. The van der Waals surface area contributed by atoms with Crippen LogP contribution in [-0.2, 0) is 4.79 Å². The van der Waals surface area contributed by atoms with E-state index < -0.39 is 0 Å². The summed E-state index contributed by atoms with van der Waals surface area (Å²) in [4.78, 5) is 18.4. The third-order valence-corrected chi connectivity index (χ3v) is 7.09. The first-order chi connectivity index (χ1) is 14.4. The Kier molecular flexibility index (Phi) is 6.13. The fraction of sp³-hybridized carbons (Fsp3) is 0.227. The number of nitrogens with zero attached hydrogens (tertiary/aromatic N) is 3. The molecule has 2 heterocycles. The van der Waals surface area contributed by atoms with Crippen LogP contribution in [0.3, 0.4) is 0 Å². The average molecular weight is 457 g/mol. The first kappa shape index (κ1) is 20.9. The zero-order chi connectivity index (χ0) is 21.3. The van der Waals surface area contributed by atoms with E-state index >= 15 is 0 Å². The van der Waals surface area contributed by atoms with Gasteiger partial charge in [-0.05, 0) is 44.5 Å². The predicted molar refractivity (Wildman–Crippen MR) is 126 cm³/mol. The average Bonchev–Trinajstić information content (AvgIpc) is 3.31. The van der Waals surface area contributed by atoms with Gasteiger partial charge in [0.2, 0.25) is 11.0 Å². The first-order valence-corrected chi connectivity index (χ1v) is 11.7. The molecule has 0 saturated carbocycles. The minimum absolute atomic E-state index is 0.0499. The molecule has 0 aliphatic carbocycles. The molecule has 4 rings (SSSR count). The van der Waals surface area contributed by atoms with Gasteiger partial charge < -0.3 is 5.32 Å². The summed E-state index contributed by atoms with van der Waals surface area (Å²) in [5.74, 6) is 1.27. The number of halogens is 1. The molecule has 5 nitrogen and oxygen atoms in total. The summed E-state index contributed by atoms with van der Waals surface area (Å²) >= 11 is 9.48. The Morgan fingerprint density at radius 2 is 1.93 bits per heavy atom. The molecule has 30 heavy (non-hydrogen) atoms. The van der Waals surface area contributed by atoms with Crippen LogP contribution in [0.25, 0.3) is 15.3 Å². The monoisotopic (exact) mass is 456 g/mol. The molecular weight excluding hydrogens is 436 g/mol. The van der Waals surface area contributed by atoms with Gasteiger partial charge in [-0.25, -0.2) is 4.98 Å². The molecule has 2 aromatic heterocycles. The van der Waals surface area contributed by atoms with Crippen molar-refractivity contribution in [2.24, 2.45) is 0 Å². The Morgan fingerprint density at radius 3 is 2.67 bits per heavy atom. The van der Waals surface area contributed by atoms with Crippen molar-refractivity contribution >= 4 is 56.6 Å². The fourth-order valence-electron chi connectivity index (χ4n) is 3.02. The lowest BCUT2D eigenvalue weighted by atomic mass is 10.2. The molecule has 0 bridgehead atoms. The van der Waals surface area contributed by atoms with Crippen LogP contribution in [0.15, 0.2) is 47.4 Å². The summed E-state index contributed by atoms with van der Waals surface area (Å²) in [5.41, 5.74) is 3.95. The molecule has 0 aliphatic heterocycles. The molecule has 2 aromatic carbocycles. The minimum atomic E-state index is -0.0499. The van der Waals surface area contributed by atoms with Gasteiger partial charge in [0.1, 0.15) is 5.82 Å². The third kappa shape index (κ3) is 4.53. The van der Waals surface area contributed by atoms with E-state index in [1.54, 1.807) is 16.4 Å². The van der Waals surface area contributed by atoms with Gasteiger partial charge in [0, 0.05) is 23.1 Å². The zero-order valence-corrected chi connectivity index (χ0v) is 19.3. The number of carbonyl (C=O) groups is 1. The normalized spacial score (nSPS) is 11.2. The maximum absolute atomic E-state index is 12.5. The number of aromatic nitrogens is 3. The number of hydrogen-bond acceptors (Lipinski definition) is 5. The van der Waals surface area contributed by atoms with Crippen molar-refractivity contribution < 1.29 is 4.79 Å². The van der Waals surface area contributed by atoms with E-state index in [9.17, 15) is 4.79 Å². The smallest absolute Gasteiger partial charge is 0.226 e. The Labute approximate surface area is 188 Å². The van der Waals surface area contributed by atoms with Gasteiger partial charge in [-0.3, -0.25) is 4.79 Å². The molecule has 0 atom stereocenters. The van der Waals surface area contributed by atoms with Crippen LogP contribution in [0.4, 0.5) is 5.82 Å². The zero-order valence-electron chi connectivity index (χ0n) is 16.9. The summed E-state index contributed by atoms with van der Waals surface area (Å²) < 4.78 is 2.60. The molecule has 0 saturated heterocycles. The van der Waals surface area contributed by atoms with E-state index in [-0.39, 0.29) is 5.91 Å². The van der Waals surface area contributed by atoms with Crippen molar-refractivity contribution in [2.75, 3.05) is 11.1 Å². The highest BCUT2D eigenvalue weighted by atomic mass is 35.5. The molecule has 0 unspecified atom stereocenters. The highest BCUT2D eigenvalue weighted by Gasteiger charge is 2.16. The second kappa shape index (κ2) is 8.79. The van der Waals surface area contributed by atoms with Crippen molar-refractivity contribution in [1.82, 2.24) is 14.8 Å². The highest BCUT2D eigenvalue weighted by molar-refractivity contribution is 7.99. The third-order valence-electron chi connectivity index (χ3n) is 4.59. The fourth-order valence-corrected chi connectivity index (χ4v) is 5.15. The highest BCUT2D eigenvalue weighted by Crippen LogP contribution is 2.34. The van der Waals surface area contributed by atoms with E-state index in [1.807, 2.05) is 32.0 Å². The number of amides is 1. The van der Waals surface area contributed by atoms with Crippen LogP contribution >= 0.6 is 34.7 Å². The number of nitrogens with one attached hydrogen (secondary N) is 1. The Morgan fingerprint density at radius 1 is 1.17 bits per heavy atom. The van der Waals surface area contributed by atoms with E-state index in [0.717, 1.165) is 26.4 Å². The number of anilines is 1. The van der Waals surface area contributed by atoms with Crippen molar-refractivity contribution in [3.8, 4) is 5.13 Å². The number of fused-ring (bicyclic) bond motifs is 1. The largest absolute Gasteiger partial charge is 0.310 e. The Hall–Kier alpha value is -2.35. The van der Waals surface area contributed by atoms with Gasteiger partial charge in [0.25, 0.3) is 0 Å². The second-order valence-electron chi connectivity index (χ2n) is 7.08. The summed E-state index contributed by atoms with van der Waals surface area (Å²) in [6.07, 6.45) is 0.410. The molecule has 0 fully saturated rings. The van der Waals surface area contributed by atoms with Crippen LogP contribution in [0.2, 0.25) is 5.02 Å². The molecule has 154 valence electrons. The molecule has 0 radical (unpaired) electrons. The first-order valence-electron chi connectivity index (χ1n) is 9.53. The molecule has 0 aliphatic rings. The number of thiazole rings is 1. The molecule has 1 N–H and O–H groups in total. The van der Waals surface area contributed by atoms with Crippen molar-refractivity contribution in [3.63, 3.8) is 0 Å². The standard InChI is InChI=1S/C22H21ClN4OS2/c1-13-4-7-16(8-5-13)29-11-10-19(28)24-18-12-15(3)26-27(18)22-25-20-14(2)6-9-17(23)21(20)30-22/h4-9,12H,10-11H2,1-3H3,(H,24,28). The number of carbonyl (C=O) groups excluding carboxylic acids is 1. The lowest BCUT2D eigenvalue weighted by molar-refractivity contribution is -0.115. The summed E-state index contributed by atoms with van der Waals surface area (Å²) in [6.45, 7) is 5.96. The minimum Gasteiger partial charge on any atom is -0.310 e. The van der Waals surface area contributed by atoms with Crippen molar-refractivity contribution in [3.05, 3.63) is 64.3 Å². The van der Waals surface area contributed by atoms with Crippen molar-refractivity contribution in [2.45, 2.75) is 32.1 Å². The van der Waals surface area contributed by atoms with Crippen LogP contribution < -0.4 is 5.32 Å². The lowest BCUT2D eigenvalue weighted by Crippen LogP contribution is -2.15. The summed E-state index contributed by atoms with van der Waals surface area (Å²) in [6, 6.07) is 14.0. The molecule has 0 spiro atoms. The van der Waals surface area contributed by atoms with Gasteiger partial charge >= 0.3 is 0 Å². The topological polar surface area (TPSA) is 59.8 Å². The molecule has 8 heteroatoms. The van der Waals surface area contributed by atoms with Gasteiger partial charge in [-0.15, -0.1) is 11.8 Å². The van der Waals surface area contributed by atoms with Crippen molar-refractivity contribution in [1.29, 1.82) is 0 Å². The SMILES string of the molecule is Cc1ccc(SCCC(=O)Nc2cc(C)nn2-c2nc3c(C)ccc(Cl)c3s2)cc1. The number of hydrogen-bond donors (Lipinski definition) is 1. The molecule has 4 aromatic rings. The molecule has 1 amide bonds. The quantitative estimate of drug-likeness (QED) is 0.352. The maximum atomic E-state index is 12.5. The summed E-state index contributed by atoms with van der Waals surface area (Å²) in [7, 11) is 0. The molecular formula is C22H21ClN4OS2. The van der Waals surface area contributed by atoms with Gasteiger partial charge in [-0.1, -0.05) is 46.7 Å². The maximum Gasteiger partial charge on any atom is 0.226 e. The van der Waals surface area contributed by atoms with E-state index in [1.165, 1.54) is 16.9 Å². The summed E-state index contributed by atoms with van der Waals surface area (Å²) in [5, 5.41) is 8.85. The van der Waals surface area contributed by atoms with Crippen LogP contribution in [0, 0.1) is 20.8 Å². The van der Waals surface area contributed by atoms with Crippen LogP contribution in [-0.4, -0.2) is 26.4 Å².